The molecule has 0 aliphatic heterocycles. The summed E-state index contributed by atoms with van der Waals surface area (Å²) in [6.45, 7) is 2.31. The summed E-state index contributed by atoms with van der Waals surface area (Å²) in [5.74, 6) is -0.997. The van der Waals surface area contributed by atoms with E-state index in [1.165, 1.54) is 30.5 Å². The minimum absolute atomic E-state index is 0.0851. The van der Waals surface area contributed by atoms with Crippen molar-refractivity contribution >= 4 is 46.1 Å². The zero-order chi connectivity index (χ0) is 27.8. The highest BCUT2D eigenvalue weighted by Gasteiger charge is 2.32. The van der Waals surface area contributed by atoms with Crippen LogP contribution in [0.5, 0.6) is 0 Å². The number of halogens is 2. The van der Waals surface area contributed by atoms with Gasteiger partial charge in [0.15, 0.2) is 0 Å². The second kappa shape index (κ2) is 10.9. The molecule has 1 saturated carbocycles. The number of hydrogen-bond acceptors (Lipinski definition) is 5. The SMILES string of the molecule is CCNC(=O)c1c(-c2ccc(F)cc2)oc2cc(N(Cc3ccc(B(O)O)c(F)c3)S(C)=O)c(C3CC3)cc12. The topological polar surface area (TPSA) is 103 Å². The number of nitrogens with one attached hydrogen (secondary N) is 1. The molecule has 1 heterocycles. The van der Waals surface area contributed by atoms with Crippen LogP contribution >= 0.6 is 0 Å². The van der Waals surface area contributed by atoms with Gasteiger partial charge in [-0.25, -0.2) is 13.0 Å². The Morgan fingerprint density at radius 1 is 1.13 bits per heavy atom. The lowest BCUT2D eigenvalue weighted by Crippen LogP contribution is -2.33. The van der Waals surface area contributed by atoms with E-state index in [2.05, 4.69) is 5.32 Å². The molecule has 1 atom stereocenters. The second-order valence-corrected chi connectivity index (χ2v) is 10.8. The Hall–Kier alpha value is -3.54. The maximum absolute atomic E-state index is 14.5. The molecule has 1 unspecified atom stereocenters. The standard InChI is InChI=1S/C28H27BF2N2O5S/c1-3-32-28(34)26-21-13-20(17-5-6-17)24(14-25(21)38-27(26)18-7-9-19(30)10-8-18)33(39(2)37)15-16-4-11-22(29(35)36)23(31)12-16/h4,7-14,17,35-36H,3,5-6,15H2,1-2H3,(H,32,34). The molecule has 0 saturated heterocycles. The van der Waals surface area contributed by atoms with Gasteiger partial charge in [0.25, 0.3) is 5.91 Å². The Morgan fingerprint density at radius 2 is 1.85 bits per heavy atom. The predicted molar refractivity (Wildman–Crippen MR) is 148 cm³/mol. The van der Waals surface area contributed by atoms with Gasteiger partial charge in [-0.1, -0.05) is 12.1 Å². The van der Waals surface area contributed by atoms with Crippen molar-refractivity contribution in [1.82, 2.24) is 5.32 Å². The summed E-state index contributed by atoms with van der Waals surface area (Å²) in [5.41, 5.74) is 3.07. The van der Waals surface area contributed by atoms with Crippen molar-refractivity contribution < 1.29 is 32.2 Å². The molecule has 11 heteroatoms. The van der Waals surface area contributed by atoms with Gasteiger partial charge in [0.2, 0.25) is 0 Å². The molecule has 39 heavy (non-hydrogen) atoms. The molecular formula is C28H27BF2N2O5S. The predicted octanol–water partition coefficient (Wildman–Crippen LogP) is 3.99. The molecule has 4 aromatic rings. The summed E-state index contributed by atoms with van der Waals surface area (Å²) in [7, 11) is -3.45. The van der Waals surface area contributed by atoms with Crippen LogP contribution in [0.4, 0.5) is 14.5 Å². The normalized spacial score (nSPS) is 13.9. The zero-order valence-corrected chi connectivity index (χ0v) is 22.2. The number of benzene rings is 3. The first kappa shape index (κ1) is 27.0. The largest absolute Gasteiger partial charge is 0.491 e. The monoisotopic (exact) mass is 552 g/mol. The first-order valence-corrected chi connectivity index (χ1v) is 14.1. The highest BCUT2D eigenvalue weighted by atomic mass is 32.2. The maximum atomic E-state index is 14.5. The molecule has 1 aliphatic rings. The summed E-state index contributed by atoms with van der Waals surface area (Å²) in [4.78, 5) is 13.2. The third-order valence-electron chi connectivity index (χ3n) is 6.77. The van der Waals surface area contributed by atoms with E-state index in [1.54, 1.807) is 28.6 Å². The maximum Gasteiger partial charge on any atom is 0.491 e. The first-order chi connectivity index (χ1) is 18.7. The molecule has 1 aliphatic carbocycles. The van der Waals surface area contributed by atoms with Crippen molar-refractivity contribution in [3.8, 4) is 11.3 Å². The van der Waals surface area contributed by atoms with Crippen LogP contribution in [-0.2, 0) is 17.5 Å². The lowest BCUT2D eigenvalue weighted by atomic mass is 9.79. The molecule has 1 fully saturated rings. The van der Waals surface area contributed by atoms with E-state index >= 15 is 0 Å². The number of carbonyl (C=O) groups is 1. The summed E-state index contributed by atoms with van der Waals surface area (Å²) in [5, 5.41) is 22.1. The molecule has 0 bridgehead atoms. The Kier molecular flexibility index (Phi) is 7.57. The Labute approximate surface area is 227 Å². The minimum Gasteiger partial charge on any atom is -0.455 e. The van der Waals surface area contributed by atoms with Gasteiger partial charge in [-0.15, -0.1) is 0 Å². The fraction of sp³-hybridized carbons (Fsp3) is 0.250. The van der Waals surface area contributed by atoms with Crippen molar-refractivity contribution in [2.24, 2.45) is 0 Å². The molecule has 1 amide bonds. The van der Waals surface area contributed by atoms with Crippen LogP contribution < -0.4 is 15.1 Å². The van der Waals surface area contributed by atoms with Crippen LogP contribution in [-0.4, -0.2) is 40.1 Å². The quantitative estimate of drug-likeness (QED) is 0.273. The van der Waals surface area contributed by atoms with E-state index < -0.39 is 29.7 Å². The lowest BCUT2D eigenvalue weighted by Gasteiger charge is -2.25. The lowest BCUT2D eigenvalue weighted by molar-refractivity contribution is 0.0957. The smallest absolute Gasteiger partial charge is 0.455 e. The van der Waals surface area contributed by atoms with E-state index in [4.69, 9.17) is 4.42 Å². The second-order valence-electron chi connectivity index (χ2n) is 9.54. The molecule has 0 radical (unpaired) electrons. The third-order valence-corrected chi connectivity index (χ3v) is 7.72. The summed E-state index contributed by atoms with van der Waals surface area (Å²) in [6, 6.07) is 13.4. The number of fused-ring (bicyclic) bond motifs is 1. The van der Waals surface area contributed by atoms with Crippen LogP contribution in [0.15, 0.2) is 59.0 Å². The van der Waals surface area contributed by atoms with Gasteiger partial charge in [-0.05, 0) is 73.2 Å². The number of carbonyl (C=O) groups excluding carboxylic acids is 1. The number of furan rings is 1. The van der Waals surface area contributed by atoms with E-state index in [1.807, 2.05) is 13.0 Å². The van der Waals surface area contributed by atoms with Crippen molar-refractivity contribution in [1.29, 1.82) is 0 Å². The van der Waals surface area contributed by atoms with Gasteiger partial charge < -0.3 is 19.8 Å². The molecule has 3 N–H and O–H groups in total. The Balaban J connectivity index is 1.65. The van der Waals surface area contributed by atoms with Gasteiger partial charge in [-0.3, -0.25) is 9.10 Å². The van der Waals surface area contributed by atoms with Crippen LogP contribution in [0.2, 0.25) is 0 Å². The Morgan fingerprint density at radius 3 is 2.44 bits per heavy atom. The van der Waals surface area contributed by atoms with E-state index in [9.17, 15) is 27.8 Å². The van der Waals surface area contributed by atoms with E-state index in [0.29, 0.717) is 45.7 Å². The average Bonchev–Trinajstić information content (AvgIpc) is 3.67. The van der Waals surface area contributed by atoms with E-state index in [-0.39, 0.29) is 23.8 Å². The van der Waals surface area contributed by atoms with Crippen LogP contribution in [0, 0.1) is 11.6 Å². The van der Waals surface area contributed by atoms with Gasteiger partial charge in [-0.2, -0.15) is 0 Å². The molecule has 1 aromatic heterocycles. The number of amides is 1. The highest BCUT2D eigenvalue weighted by molar-refractivity contribution is 7.85. The van der Waals surface area contributed by atoms with Gasteiger partial charge >= 0.3 is 7.12 Å². The fourth-order valence-electron chi connectivity index (χ4n) is 4.72. The third kappa shape index (κ3) is 5.47. The van der Waals surface area contributed by atoms with Gasteiger partial charge in [0, 0.05) is 35.3 Å². The van der Waals surface area contributed by atoms with Crippen LogP contribution in [0.3, 0.4) is 0 Å². The molecular weight excluding hydrogens is 525 g/mol. The van der Waals surface area contributed by atoms with Crippen molar-refractivity contribution in [3.63, 3.8) is 0 Å². The molecule has 3 aromatic carbocycles. The molecule has 0 spiro atoms. The highest BCUT2D eigenvalue weighted by Crippen LogP contribution is 2.48. The summed E-state index contributed by atoms with van der Waals surface area (Å²) in [6.07, 6.45) is 3.38. The van der Waals surface area contributed by atoms with E-state index in [0.717, 1.165) is 18.4 Å². The Bertz CT molecular complexity index is 1570. The van der Waals surface area contributed by atoms with Crippen molar-refractivity contribution in [3.05, 3.63) is 82.9 Å². The number of rotatable bonds is 9. The molecule has 5 rings (SSSR count). The zero-order valence-electron chi connectivity index (χ0n) is 21.4. The summed E-state index contributed by atoms with van der Waals surface area (Å²) >= 11 is 0. The molecule has 7 nitrogen and oxygen atoms in total. The van der Waals surface area contributed by atoms with Gasteiger partial charge in [0.1, 0.15) is 34.0 Å². The van der Waals surface area contributed by atoms with Gasteiger partial charge in [0.05, 0.1) is 17.8 Å². The average molecular weight is 552 g/mol. The van der Waals surface area contributed by atoms with Crippen LogP contribution in [0.25, 0.3) is 22.3 Å². The van der Waals surface area contributed by atoms with Crippen molar-refractivity contribution in [2.45, 2.75) is 32.2 Å². The summed E-state index contributed by atoms with van der Waals surface area (Å²) < 4.78 is 48.9. The number of nitrogens with zero attached hydrogens (tertiary/aromatic N) is 1. The number of anilines is 1. The number of hydrogen-bond donors (Lipinski definition) is 3. The first-order valence-electron chi connectivity index (χ1n) is 12.6. The molecule has 202 valence electrons. The van der Waals surface area contributed by atoms with Crippen LogP contribution in [0.1, 0.15) is 47.2 Å². The fourth-order valence-corrected chi connectivity index (χ4v) is 5.49. The minimum atomic E-state index is -1.94. The van der Waals surface area contributed by atoms with Crippen molar-refractivity contribution in [2.75, 3.05) is 17.1 Å².